The Bertz CT molecular complexity index is 1130. The Morgan fingerprint density at radius 2 is 1.69 bits per heavy atom. The third kappa shape index (κ3) is 5.63. The lowest BCUT2D eigenvalue weighted by Crippen LogP contribution is -2.10. The second kappa shape index (κ2) is 10.3. The van der Waals surface area contributed by atoms with Crippen molar-refractivity contribution in [1.29, 1.82) is 5.26 Å². The number of nitro benzene ring substituents is 2. The second-order valence-electron chi connectivity index (χ2n) is 5.94. The first-order valence-electron chi connectivity index (χ1n) is 8.83. The van der Waals surface area contributed by atoms with E-state index in [0.717, 1.165) is 18.2 Å². The molecule has 0 heterocycles. The fourth-order valence-corrected chi connectivity index (χ4v) is 2.45. The molecular weight excluding hydrogens is 426 g/mol. The van der Waals surface area contributed by atoms with Gasteiger partial charge >= 0.3 is 11.9 Å². The number of ether oxygens (including phenoxy) is 3. The summed E-state index contributed by atoms with van der Waals surface area (Å²) in [6.45, 7) is 1.68. The van der Waals surface area contributed by atoms with Gasteiger partial charge in [-0.2, -0.15) is 5.26 Å². The molecule has 0 atom stereocenters. The molecule has 0 fully saturated rings. The van der Waals surface area contributed by atoms with Crippen LogP contribution >= 0.6 is 0 Å². The number of hydrogen-bond acceptors (Lipinski definition) is 10. The molecule has 0 saturated heterocycles. The quantitative estimate of drug-likeness (QED) is 0.148. The Morgan fingerprint density at radius 1 is 1.06 bits per heavy atom. The summed E-state index contributed by atoms with van der Waals surface area (Å²) in [6.07, 6.45) is 1.25. The van der Waals surface area contributed by atoms with Crippen LogP contribution in [0.3, 0.4) is 0 Å². The molecule has 0 unspecified atom stereocenters. The number of nitro groups is 2. The number of esters is 2. The number of rotatable bonds is 8. The SMILES string of the molecule is CCOC(=O)/C(C#N)=C/c1ccc(OC(=O)c2cc([N+](=O)[O-])cc([N+](=O)[O-])c2)c(OC)c1. The molecule has 0 aliphatic rings. The van der Waals surface area contributed by atoms with Crippen LogP contribution in [0.25, 0.3) is 6.08 Å². The zero-order chi connectivity index (χ0) is 23.8. The second-order valence-corrected chi connectivity index (χ2v) is 5.94. The fraction of sp³-hybridized carbons (Fsp3) is 0.150. The summed E-state index contributed by atoms with van der Waals surface area (Å²) in [4.78, 5) is 44.5. The summed E-state index contributed by atoms with van der Waals surface area (Å²) in [5.41, 5.74) is -1.62. The van der Waals surface area contributed by atoms with Crippen molar-refractivity contribution >= 4 is 29.4 Å². The Labute approximate surface area is 180 Å². The van der Waals surface area contributed by atoms with E-state index in [1.807, 2.05) is 0 Å². The fourth-order valence-electron chi connectivity index (χ4n) is 2.45. The van der Waals surface area contributed by atoms with E-state index in [9.17, 15) is 29.8 Å². The van der Waals surface area contributed by atoms with Crippen molar-refractivity contribution in [3.05, 3.63) is 73.3 Å². The average Bonchev–Trinajstić information content (AvgIpc) is 2.77. The molecule has 0 radical (unpaired) electrons. The molecule has 0 amide bonds. The van der Waals surface area contributed by atoms with Crippen LogP contribution in [0.2, 0.25) is 0 Å². The molecule has 2 aromatic carbocycles. The molecule has 2 rings (SSSR count). The van der Waals surface area contributed by atoms with Crippen molar-refractivity contribution in [1.82, 2.24) is 0 Å². The number of methoxy groups -OCH3 is 1. The first kappa shape index (κ1) is 23.5. The van der Waals surface area contributed by atoms with E-state index in [1.54, 1.807) is 13.0 Å². The van der Waals surface area contributed by atoms with Crippen LogP contribution in [-0.4, -0.2) is 35.5 Å². The number of hydrogen-bond donors (Lipinski definition) is 0. The predicted octanol–water partition coefficient (Wildman–Crippen LogP) is 3.20. The third-order valence-corrected chi connectivity index (χ3v) is 3.88. The summed E-state index contributed by atoms with van der Waals surface area (Å²) < 4.78 is 15.1. The molecule has 0 aromatic heterocycles. The van der Waals surface area contributed by atoms with Crippen LogP contribution in [-0.2, 0) is 9.53 Å². The minimum Gasteiger partial charge on any atom is -0.493 e. The predicted molar refractivity (Wildman–Crippen MR) is 108 cm³/mol. The molecule has 0 N–H and O–H groups in total. The molecule has 0 bridgehead atoms. The Morgan fingerprint density at radius 3 is 2.19 bits per heavy atom. The lowest BCUT2D eigenvalue weighted by atomic mass is 10.1. The number of nitriles is 1. The van der Waals surface area contributed by atoms with E-state index >= 15 is 0 Å². The van der Waals surface area contributed by atoms with Gasteiger partial charge in [0.2, 0.25) is 0 Å². The highest BCUT2D eigenvalue weighted by molar-refractivity contribution is 5.98. The molecule has 12 nitrogen and oxygen atoms in total. The summed E-state index contributed by atoms with van der Waals surface area (Å²) in [5.74, 6) is -1.97. The highest BCUT2D eigenvalue weighted by atomic mass is 16.6. The topological polar surface area (TPSA) is 172 Å². The van der Waals surface area contributed by atoms with Crippen LogP contribution in [0.4, 0.5) is 11.4 Å². The van der Waals surface area contributed by atoms with Gasteiger partial charge in [-0.05, 0) is 30.7 Å². The van der Waals surface area contributed by atoms with Crippen LogP contribution in [0.5, 0.6) is 11.5 Å². The zero-order valence-corrected chi connectivity index (χ0v) is 16.8. The van der Waals surface area contributed by atoms with Gasteiger partial charge in [-0.1, -0.05) is 6.07 Å². The van der Waals surface area contributed by atoms with Crippen LogP contribution in [0.15, 0.2) is 42.0 Å². The molecule has 32 heavy (non-hydrogen) atoms. The molecular formula is C20H15N3O9. The standard InChI is InChI=1S/C20H15N3O9/c1-3-31-19(24)14(11-21)6-12-4-5-17(18(7-12)30-2)32-20(25)13-8-15(22(26)27)10-16(9-13)23(28)29/h4-10H,3H2,1-2H3/b14-6+. The first-order chi connectivity index (χ1) is 15.2. The van der Waals surface area contributed by atoms with E-state index in [4.69, 9.17) is 19.5 Å². The molecule has 12 heteroatoms. The van der Waals surface area contributed by atoms with Crippen LogP contribution in [0, 0.1) is 31.6 Å². The zero-order valence-electron chi connectivity index (χ0n) is 16.8. The molecule has 0 saturated carbocycles. The van der Waals surface area contributed by atoms with Gasteiger partial charge in [0, 0.05) is 12.1 Å². The highest BCUT2D eigenvalue weighted by Gasteiger charge is 2.22. The number of carbonyl (C=O) groups is 2. The average molecular weight is 441 g/mol. The van der Waals surface area contributed by atoms with E-state index in [1.165, 1.54) is 31.4 Å². The minimum atomic E-state index is -1.09. The van der Waals surface area contributed by atoms with Crippen LogP contribution < -0.4 is 9.47 Å². The van der Waals surface area contributed by atoms with Gasteiger partial charge < -0.3 is 14.2 Å². The van der Waals surface area contributed by atoms with Gasteiger partial charge in [-0.25, -0.2) is 9.59 Å². The lowest BCUT2D eigenvalue weighted by Gasteiger charge is -2.10. The van der Waals surface area contributed by atoms with Crippen molar-refractivity contribution in [2.45, 2.75) is 6.92 Å². The van der Waals surface area contributed by atoms with Crippen molar-refractivity contribution in [2.24, 2.45) is 0 Å². The third-order valence-electron chi connectivity index (χ3n) is 3.88. The summed E-state index contributed by atoms with van der Waals surface area (Å²) >= 11 is 0. The summed E-state index contributed by atoms with van der Waals surface area (Å²) in [7, 11) is 1.27. The van der Waals surface area contributed by atoms with Gasteiger partial charge in [0.05, 0.1) is 35.2 Å². The van der Waals surface area contributed by atoms with Crippen molar-refractivity contribution < 1.29 is 33.6 Å². The van der Waals surface area contributed by atoms with E-state index in [-0.39, 0.29) is 23.7 Å². The number of benzene rings is 2. The molecule has 0 spiro atoms. The van der Waals surface area contributed by atoms with Gasteiger partial charge in [-0.15, -0.1) is 0 Å². The molecule has 2 aromatic rings. The summed E-state index contributed by atoms with van der Waals surface area (Å²) in [5, 5.41) is 31.1. The van der Waals surface area contributed by atoms with E-state index in [0.29, 0.717) is 5.56 Å². The first-order valence-corrected chi connectivity index (χ1v) is 8.83. The Hall–Kier alpha value is -4.79. The number of carbonyl (C=O) groups excluding carboxylic acids is 2. The Kier molecular flexibility index (Phi) is 7.56. The maximum absolute atomic E-state index is 12.5. The van der Waals surface area contributed by atoms with Gasteiger partial charge in [-0.3, -0.25) is 20.2 Å². The number of non-ortho nitro benzene ring substituents is 2. The van der Waals surface area contributed by atoms with Gasteiger partial charge in [0.25, 0.3) is 11.4 Å². The van der Waals surface area contributed by atoms with Gasteiger partial charge in [0.15, 0.2) is 11.5 Å². The largest absolute Gasteiger partial charge is 0.493 e. The maximum Gasteiger partial charge on any atom is 0.348 e. The minimum absolute atomic E-state index is 0.0354. The monoisotopic (exact) mass is 441 g/mol. The molecule has 164 valence electrons. The normalized spacial score (nSPS) is 10.6. The summed E-state index contributed by atoms with van der Waals surface area (Å²) in [6, 6.07) is 8.21. The maximum atomic E-state index is 12.5. The molecule has 0 aliphatic heterocycles. The van der Waals surface area contributed by atoms with Crippen molar-refractivity contribution in [3.63, 3.8) is 0 Å². The smallest absolute Gasteiger partial charge is 0.348 e. The van der Waals surface area contributed by atoms with Crippen molar-refractivity contribution in [3.8, 4) is 17.6 Å². The van der Waals surface area contributed by atoms with E-state index in [2.05, 4.69) is 0 Å². The molecule has 0 aliphatic carbocycles. The number of nitrogens with zero attached hydrogens (tertiary/aromatic N) is 3. The van der Waals surface area contributed by atoms with Crippen molar-refractivity contribution in [2.75, 3.05) is 13.7 Å². The van der Waals surface area contributed by atoms with Gasteiger partial charge in [0.1, 0.15) is 11.6 Å². The highest BCUT2D eigenvalue weighted by Crippen LogP contribution is 2.31. The van der Waals surface area contributed by atoms with E-state index < -0.39 is 38.7 Å². The van der Waals surface area contributed by atoms with Crippen LogP contribution in [0.1, 0.15) is 22.8 Å². The Balaban J connectivity index is 2.37. The lowest BCUT2D eigenvalue weighted by molar-refractivity contribution is -0.394.